The first-order valence-electron chi connectivity index (χ1n) is 8.44. The maximum atomic E-state index is 12.3. The van der Waals surface area contributed by atoms with Crippen LogP contribution in [0.4, 0.5) is 0 Å². The maximum Gasteiger partial charge on any atom is 0.225 e. The van der Waals surface area contributed by atoms with Crippen LogP contribution in [-0.2, 0) is 9.59 Å². The van der Waals surface area contributed by atoms with E-state index in [1.165, 1.54) is 12.8 Å². The van der Waals surface area contributed by atoms with Crippen molar-refractivity contribution in [3.63, 3.8) is 0 Å². The number of nitrogens with one attached hydrogen (secondary N) is 1. The molecule has 1 unspecified atom stereocenters. The van der Waals surface area contributed by atoms with Crippen molar-refractivity contribution in [3.8, 4) is 0 Å². The van der Waals surface area contributed by atoms with Crippen molar-refractivity contribution in [2.75, 3.05) is 19.6 Å². The summed E-state index contributed by atoms with van der Waals surface area (Å²) in [6.45, 7) is 11.0. The van der Waals surface area contributed by atoms with Crippen LogP contribution in [0.15, 0.2) is 0 Å². The molecule has 0 radical (unpaired) electrons. The molecule has 1 saturated carbocycles. The van der Waals surface area contributed by atoms with Gasteiger partial charge in [-0.25, -0.2) is 0 Å². The predicted molar refractivity (Wildman–Crippen MR) is 83.6 cm³/mol. The number of carbonyl (C=O) groups is 2. The summed E-state index contributed by atoms with van der Waals surface area (Å²) >= 11 is 0. The molecule has 0 aromatic rings. The van der Waals surface area contributed by atoms with Crippen LogP contribution in [0.2, 0.25) is 0 Å². The van der Waals surface area contributed by atoms with E-state index in [0.717, 1.165) is 13.1 Å². The first-order valence-corrected chi connectivity index (χ1v) is 8.44. The topological polar surface area (TPSA) is 49.4 Å². The summed E-state index contributed by atoms with van der Waals surface area (Å²) in [5.41, 5.74) is 0. The van der Waals surface area contributed by atoms with E-state index < -0.39 is 0 Å². The summed E-state index contributed by atoms with van der Waals surface area (Å²) in [5.74, 6) is 2.38. The van der Waals surface area contributed by atoms with E-state index in [2.05, 4.69) is 33.0 Å². The molecule has 1 aliphatic carbocycles. The third-order valence-corrected chi connectivity index (χ3v) is 4.99. The van der Waals surface area contributed by atoms with E-state index >= 15 is 0 Å². The number of carbonyl (C=O) groups excluding carboxylic acids is 2. The molecule has 1 aliphatic heterocycles. The van der Waals surface area contributed by atoms with Crippen molar-refractivity contribution in [2.45, 2.75) is 47.0 Å². The normalized spacial score (nSPS) is 22.7. The van der Waals surface area contributed by atoms with Gasteiger partial charge in [-0.3, -0.25) is 9.59 Å². The molecule has 0 aromatic carbocycles. The molecule has 120 valence electrons. The summed E-state index contributed by atoms with van der Waals surface area (Å²) in [6, 6.07) is 0. The molecule has 0 spiro atoms. The van der Waals surface area contributed by atoms with Crippen molar-refractivity contribution in [1.82, 2.24) is 10.2 Å². The van der Waals surface area contributed by atoms with Crippen LogP contribution in [0, 0.1) is 29.6 Å². The minimum atomic E-state index is -0.142. The van der Waals surface area contributed by atoms with Crippen molar-refractivity contribution in [3.05, 3.63) is 0 Å². The number of nitrogens with zero attached hydrogens (tertiary/aromatic N) is 1. The molecule has 2 amide bonds. The van der Waals surface area contributed by atoms with Crippen molar-refractivity contribution < 1.29 is 9.59 Å². The fraction of sp³-hybridized carbons (Fsp3) is 0.882. The van der Waals surface area contributed by atoms with Gasteiger partial charge in [0.05, 0.1) is 5.92 Å². The fourth-order valence-electron chi connectivity index (χ4n) is 3.34. The van der Waals surface area contributed by atoms with Gasteiger partial charge < -0.3 is 10.2 Å². The van der Waals surface area contributed by atoms with Gasteiger partial charge in [-0.15, -0.1) is 0 Å². The lowest BCUT2D eigenvalue weighted by Gasteiger charge is -2.25. The standard InChI is InChI=1S/C17H30N2O2/c1-11(2)15(12(3)4)8-18-17(21)14-7-16(20)19(10-14)9-13-5-6-13/h11-15H,5-10H2,1-4H3,(H,18,21). The third-order valence-electron chi connectivity index (χ3n) is 4.99. The van der Waals surface area contributed by atoms with Crippen LogP contribution in [0.3, 0.4) is 0 Å². The van der Waals surface area contributed by atoms with Crippen molar-refractivity contribution in [2.24, 2.45) is 29.6 Å². The molecule has 0 aromatic heterocycles. The van der Waals surface area contributed by atoms with Gasteiger partial charge >= 0.3 is 0 Å². The van der Waals surface area contributed by atoms with Gasteiger partial charge in [-0.05, 0) is 36.5 Å². The van der Waals surface area contributed by atoms with E-state index in [1.807, 2.05) is 4.90 Å². The number of hydrogen-bond acceptors (Lipinski definition) is 2. The highest BCUT2D eigenvalue weighted by atomic mass is 16.2. The first kappa shape index (κ1) is 16.3. The molecule has 1 atom stereocenters. The molecule has 21 heavy (non-hydrogen) atoms. The average Bonchev–Trinajstić information content (AvgIpc) is 3.12. The van der Waals surface area contributed by atoms with Crippen LogP contribution in [0.1, 0.15) is 47.0 Å². The quantitative estimate of drug-likeness (QED) is 0.783. The van der Waals surface area contributed by atoms with Crippen LogP contribution in [0.5, 0.6) is 0 Å². The number of hydrogen-bond donors (Lipinski definition) is 1. The van der Waals surface area contributed by atoms with Gasteiger partial charge in [0, 0.05) is 26.1 Å². The largest absolute Gasteiger partial charge is 0.355 e. The summed E-state index contributed by atoms with van der Waals surface area (Å²) in [5, 5.41) is 3.08. The van der Waals surface area contributed by atoms with Gasteiger partial charge in [0.1, 0.15) is 0 Å². The van der Waals surface area contributed by atoms with Gasteiger partial charge in [-0.2, -0.15) is 0 Å². The highest BCUT2D eigenvalue weighted by molar-refractivity contribution is 5.89. The molecular weight excluding hydrogens is 264 g/mol. The summed E-state index contributed by atoms with van der Waals surface area (Å²) in [7, 11) is 0. The van der Waals surface area contributed by atoms with E-state index in [4.69, 9.17) is 0 Å². The van der Waals surface area contributed by atoms with Crippen LogP contribution >= 0.6 is 0 Å². The lowest BCUT2D eigenvalue weighted by Crippen LogP contribution is -2.38. The van der Waals surface area contributed by atoms with E-state index in [1.54, 1.807) is 0 Å². The molecule has 1 saturated heterocycles. The zero-order valence-electron chi connectivity index (χ0n) is 13.9. The maximum absolute atomic E-state index is 12.3. The minimum absolute atomic E-state index is 0.0629. The van der Waals surface area contributed by atoms with Gasteiger partial charge in [0.15, 0.2) is 0 Å². The smallest absolute Gasteiger partial charge is 0.225 e. The SMILES string of the molecule is CC(C)C(CNC(=O)C1CC(=O)N(CC2CC2)C1)C(C)C. The molecule has 2 aliphatic rings. The number of likely N-dealkylation sites (tertiary alicyclic amines) is 1. The Bertz CT molecular complexity index is 380. The molecule has 1 N–H and O–H groups in total. The summed E-state index contributed by atoms with van der Waals surface area (Å²) in [6.07, 6.45) is 2.88. The first-order chi connectivity index (χ1) is 9.88. The zero-order valence-corrected chi connectivity index (χ0v) is 13.9. The van der Waals surface area contributed by atoms with Crippen molar-refractivity contribution >= 4 is 11.8 Å². The minimum Gasteiger partial charge on any atom is -0.355 e. The Morgan fingerprint density at radius 2 is 1.86 bits per heavy atom. The highest BCUT2D eigenvalue weighted by Crippen LogP contribution is 2.32. The second kappa shape index (κ2) is 6.80. The molecular formula is C17H30N2O2. The van der Waals surface area contributed by atoms with Gasteiger partial charge in [0.25, 0.3) is 0 Å². The monoisotopic (exact) mass is 294 g/mol. The number of rotatable bonds is 7. The Hall–Kier alpha value is -1.06. The summed E-state index contributed by atoms with van der Waals surface area (Å²) in [4.78, 5) is 26.1. The van der Waals surface area contributed by atoms with E-state index in [-0.39, 0.29) is 17.7 Å². The Kier molecular flexibility index (Phi) is 5.28. The number of amides is 2. The second-order valence-electron chi connectivity index (χ2n) is 7.54. The van der Waals surface area contributed by atoms with Crippen LogP contribution in [0.25, 0.3) is 0 Å². The van der Waals surface area contributed by atoms with Crippen LogP contribution in [-0.4, -0.2) is 36.3 Å². The lowest BCUT2D eigenvalue weighted by atomic mass is 9.85. The Morgan fingerprint density at radius 1 is 1.24 bits per heavy atom. The van der Waals surface area contributed by atoms with Gasteiger partial charge in [0.2, 0.25) is 11.8 Å². The Morgan fingerprint density at radius 3 is 2.38 bits per heavy atom. The summed E-state index contributed by atoms with van der Waals surface area (Å²) < 4.78 is 0. The molecule has 1 heterocycles. The van der Waals surface area contributed by atoms with Crippen LogP contribution < -0.4 is 5.32 Å². The predicted octanol–water partition coefficient (Wildman–Crippen LogP) is 2.29. The highest BCUT2D eigenvalue weighted by Gasteiger charge is 2.37. The van der Waals surface area contributed by atoms with E-state index in [9.17, 15) is 9.59 Å². The van der Waals surface area contributed by atoms with Gasteiger partial charge in [-0.1, -0.05) is 27.7 Å². The molecule has 4 nitrogen and oxygen atoms in total. The second-order valence-corrected chi connectivity index (χ2v) is 7.54. The molecule has 2 rings (SSSR count). The Balaban J connectivity index is 1.79. The van der Waals surface area contributed by atoms with Crippen molar-refractivity contribution in [1.29, 1.82) is 0 Å². The zero-order chi connectivity index (χ0) is 15.6. The van der Waals surface area contributed by atoms with E-state index in [0.29, 0.717) is 36.6 Å². The Labute approximate surface area is 128 Å². The molecule has 2 fully saturated rings. The average molecular weight is 294 g/mol. The fourth-order valence-corrected chi connectivity index (χ4v) is 3.34. The third kappa shape index (κ3) is 4.45. The lowest BCUT2D eigenvalue weighted by molar-refractivity contribution is -0.129. The molecule has 0 bridgehead atoms. The molecule has 4 heteroatoms.